The van der Waals surface area contributed by atoms with Gasteiger partial charge in [-0.15, -0.1) is 34.4 Å². The SMILES string of the molecule is Cc1ncc(CN(C)C(=O)CSCc2nc3scc(-c4ccccc4)c3c(=O)[nH]2)s1. The molecule has 4 aromatic rings. The molecule has 1 N–H and O–H groups in total. The highest BCUT2D eigenvalue weighted by Gasteiger charge is 2.14. The Morgan fingerprint density at radius 3 is 2.80 bits per heavy atom. The third-order valence-electron chi connectivity index (χ3n) is 4.53. The van der Waals surface area contributed by atoms with Crippen LogP contribution in [0, 0.1) is 6.92 Å². The van der Waals surface area contributed by atoms with Crippen LogP contribution in [0.2, 0.25) is 0 Å². The number of nitrogens with zero attached hydrogens (tertiary/aromatic N) is 3. The lowest BCUT2D eigenvalue weighted by molar-refractivity contribution is -0.127. The fourth-order valence-electron chi connectivity index (χ4n) is 3.04. The zero-order valence-corrected chi connectivity index (χ0v) is 19.0. The summed E-state index contributed by atoms with van der Waals surface area (Å²) in [6, 6.07) is 9.83. The van der Waals surface area contributed by atoms with Gasteiger partial charge < -0.3 is 9.88 Å². The van der Waals surface area contributed by atoms with Gasteiger partial charge in [-0.3, -0.25) is 9.59 Å². The van der Waals surface area contributed by atoms with Crippen molar-refractivity contribution in [2.45, 2.75) is 19.2 Å². The van der Waals surface area contributed by atoms with Gasteiger partial charge in [-0.2, -0.15) is 0 Å². The second-order valence-corrected chi connectivity index (χ2v) is 9.96. The molecule has 0 aliphatic carbocycles. The standard InChI is InChI=1S/C21H20N4O2S3/c1-13-22-8-15(30-13)9-25(2)18(26)12-28-11-17-23-20(27)19-16(10-29-21(19)24-17)14-6-4-3-5-7-14/h3-8,10H,9,11-12H2,1-2H3,(H,23,24,27). The van der Waals surface area contributed by atoms with E-state index in [1.165, 1.54) is 23.1 Å². The number of carbonyl (C=O) groups is 1. The summed E-state index contributed by atoms with van der Waals surface area (Å²) in [6.45, 7) is 2.51. The van der Waals surface area contributed by atoms with Crippen LogP contribution in [0.15, 0.2) is 46.7 Å². The van der Waals surface area contributed by atoms with Crippen molar-refractivity contribution in [3.8, 4) is 11.1 Å². The van der Waals surface area contributed by atoms with Crippen LogP contribution in [0.25, 0.3) is 21.3 Å². The Morgan fingerprint density at radius 2 is 2.07 bits per heavy atom. The lowest BCUT2D eigenvalue weighted by Crippen LogP contribution is -2.27. The number of thiazole rings is 1. The zero-order chi connectivity index (χ0) is 21.1. The number of thioether (sulfide) groups is 1. The maximum absolute atomic E-state index is 12.7. The van der Waals surface area contributed by atoms with Crippen molar-refractivity contribution >= 4 is 50.6 Å². The lowest BCUT2D eigenvalue weighted by atomic mass is 10.1. The first-order chi connectivity index (χ1) is 14.5. The van der Waals surface area contributed by atoms with Crippen molar-refractivity contribution in [1.82, 2.24) is 19.9 Å². The van der Waals surface area contributed by atoms with E-state index in [-0.39, 0.29) is 11.5 Å². The number of hydrogen-bond acceptors (Lipinski definition) is 7. The number of benzene rings is 1. The maximum atomic E-state index is 12.7. The molecule has 0 aliphatic rings. The summed E-state index contributed by atoms with van der Waals surface area (Å²) in [4.78, 5) is 40.3. The number of aromatic amines is 1. The van der Waals surface area contributed by atoms with Gasteiger partial charge in [-0.25, -0.2) is 9.97 Å². The Balaban J connectivity index is 1.40. The largest absolute Gasteiger partial charge is 0.340 e. The van der Waals surface area contributed by atoms with Gasteiger partial charge in [0.1, 0.15) is 10.7 Å². The average molecular weight is 457 g/mol. The Bertz CT molecular complexity index is 1230. The minimum absolute atomic E-state index is 0.0389. The number of amides is 1. The first-order valence-corrected chi connectivity index (χ1v) is 12.1. The quantitative estimate of drug-likeness (QED) is 0.448. The molecule has 1 aromatic carbocycles. The van der Waals surface area contributed by atoms with Gasteiger partial charge in [0, 0.05) is 29.1 Å². The minimum atomic E-state index is -0.139. The first kappa shape index (κ1) is 20.8. The van der Waals surface area contributed by atoms with Gasteiger partial charge in [0.05, 0.1) is 28.4 Å². The van der Waals surface area contributed by atoms with Crippen molar-refractivity contribution in [2.75, 3.05) is 12.8 Å². The summed E-state index contributed by atoms with van der Waals surface area (Å²) in [5.74, 6) is 1.43. The molecule has 0 atom stereocenters. The molecule has 0 aliphatic heterocycles. The topological polar surface area (TPSA) is 79.0 Å². The van der Waals surface area contributed by atoms with Crippen LogP contribution in [0.4, 0.5) is 0 Å². The third kappa shape index (κ3) is 4.63. The maximum Gasteiger partial charge on any atom is 0.260 e. The van der Waals surface area contributed by atoms with Crippen molar-refractivity contribution in [2.24, 2.45) is 0 Å². The second-order valence-electron chi connectivity index (χ2n) is 6.80. The summed E-state index contributed by atoms with van der Waals surface area (Å²) in [5.41, 5.74) is 1.77. The van der Waals surface area contributed by atoms with Gasteiger partial charge in [0.25, 0.3) is 5.56 Å². The molecule has 0 radical (unpaired) electrons. The molecule has 0 spiro atoms. The third-order valence-corrected chi connectivity index (χ3v) is 7.23. The van der Waals surface area contributed by atoms with Crippen LogP contribution in [0.1, 0.15) is 15.7 Å². The molecular formula is C21H20N4O2S3. The smallest absolute Gasteiger partial charge is 0.260 e. The Labute approximate surface area is 186 Å². The van der Waals surface area contributed by atoms with Crippen LogP contribution < -0.4 is 5.56 Å². The van der Waals surface area contributed by atoms with Crippen molar-refractivity contribution in [3.63, 3.8) is 0 Å². The average Bonchev–Trinajstić information content (AvgIpc) is 3.35. The monoisotopic (exact) mass is 456 g/mol. The highest BCUT2D eigenvalue weighted by Crippen LogP contribution is 2.30. The van der Waals surface area contributed by atoms with Crippen molar-refractivity contribution in [3.05, 3.63) is 68.0 Å². The van der Waals surface area contributed by atoms with Crippen LogP contribution in [-0.2, 0) is 17.1 Å². The highest BCUT2D eigenvalue weighted by molar-refractivity contribution is 7.99. The molecule has 0 saturated heterocycles. The predicted molar refractivity (Wildman–Crippen MR) is 125 cm³/mol. The number of hydrogen-bond donors (Lipinski definition) is 1. The number of carbonyl (C=O) groups excluding carboxylic acids is 1. The highest BCUT2D eigenvalue weighted by atomic mass is 32.2. The molecule has 3 aromatic heterocycles. The minimum Gasteiger partial charge on any atom is -0.340 e. The van der Waals surface area contributed by atoms with E-state index in [9.17, 15) is 9.59 Å². The lowest BCUT2D eigenvalue weighted by Gasteiger charge is -2.15. The molecule has 0 unspecified atom stereocenters. The molecule has 0 fully saturated rings. The number of aromatic nitrogens is 3. The molecule has 30 heavy (non-hydrogen) atoms. The fraction of sp³-hybridized carbons (Fsp3) is 0.238. The van der Waals surface area contributed by atoms with Crippen LogP contribution in [-0.4, -0.2) is 38.6 Å². The normalized spacial score (nSPS) is 11.1. The van der Waals surface area contributed by atoms with Gasteiger partial charge in [-0.05, 0) is 12.5 Å². The van der Waals surface area contributed by atoms with Gasteiger partial charge >= 0.3 is 0 Å². The van der Waals surface area contributed by atoms with Crippen LogP contribution in [0.3, 0.4) is 0 Å². The summed E-state index contributed by atoms with van der Waals surface area (Å²) < 4.78 is 0. The molecule has 6 nitrogen and oxygen atoms in total. The number of fused-ring (bicyclic) bond motifs is 1. The van der Waals surface area contributed by atoms with Gasteiger partial charge in [0.15, 0.2) is 0 Å². The summed E-state index contributed by atoms with van der Waals surface area (Å²) in [7, 11) is 1.79. The molecule has 0 bridgehead atoms. The van der Waals surface area contributed by atoms with E-state index < -0.39 is 0 Å². The fourth-order valence-corrected chi connectivity index (χ4v) is 5.68. The first-order valence-electron chi connectivity index (χ1n) is 9.30. The van der Waals surface area contributed by atoms with Crippen molar-refractivity contribution in [1.29, 1.82) is 0 Å². The van der Waals surface area contributed by atoms with Crippen LogP contribution in [0.5, 0.6) is 0 Å². The van der Waals surface area contributed by atoms with E-state index >= 15 is 0 Å². The molecule has 154 valence electrons. The summed E-state index contributed by atoms with van der Waals surface area (Å²) in [6.07, 6.45) is 1.81. The molecular weight excluding hydrogens is 436 g/mol. The molecule has 1 amide bonds. The summed E-state index contributed by atoms with van der Waals surface area (Å²) in [5, 5.41) is 3.59. The number of thiophene rings is 1. The molecule has 4 rings (SSSR count). The Kier molecular flexibility index (Phi) is 6.31. The second kappa shape index (κ2) is 9.11. The van der Waals surface area contributed by atoms with Gasteiger partial charge in [0.2, 0.25) is 5.91 Å². The molecule has 9 heteroatoms. The van der Waals surface area contributed by atoms with E-state index in [1.807, 2.05) is 48.8 Å². The predicted octanol–water partition coefficient (Wildman–Crippen LogP) is 4.31. The number of H-pyrrole nitrogens is 1. The zero-order valence-electron chi connectivity index (χ0n) is 16.5. The van der Waals surface area contributed by atoms with Crippen LogP contribution >= 0.6 is 34.4 Å². The van der Waals surface area contributed by atoms with Gasteiger partial charge in [-0.1, -0.05) is 30.3 Å². The van der Waals surface area contributed by atoms with E-state index in [2.05, 4.69) is 15.0 Å². The molecule has 0 saturated carbocycles. The Morgan fingerprint density at radius 1 is 1.27 bits per heavy atom. The number of rotatable bonds is 7. The molecule has 3 heterocycles. The van der Waals surface area contributed by atoms with Crippen molar-refractivity contribution < 1.29 is 4.79 Å². The Hall–Kier alpha value is -2.49. The number of nitrogens with one attached hydrogen (secondary N) is 1. The van der Waals surface area contributed by atoms with E-state index in [0.29, 0.717) is 29.3 Å². The van der Waals surface area contributed by atoms with E-state index in [0.717, 1.165) is 25.8 Å². The number of aryl methyl sites for hydroxylation is 1. The van der Waals surface area contributed by atoms with E-state index in [1.54, 1.807) is 23.3 Å². The summed E-state index contributed by atoms with van der Waals surface area (Å²) >= 11 is 4.51. The van der Waals surface area contributed by atoms with E-state index in [4.69, 9.17) is 0 Å².